The lowest BCUT2D eigenvalue weighted by atomic mass is 9.97. The number of hydrogen-bond donors (Lipinski definition) is 1. The number of esters is 8. The van der Waals surface area contributed by atoms with Crippen molar-refractivity contribution in [3.8, 4) is 0 Å². The Morgan fingerprint density at radius 1 is 0.588 bits per heavy atom. The minimum atomic E-state index is -1.74. The third-order valence-electron chi connectivity index (χ3n) is 10.9. The molecule has 0 aromatic heterocycles. The third kappa shape index (κ3) is 12.6. The molecule has 1 aromatic carbocycles. The first-order valence-electron chi connectivity index (χ1n) is 21.5. The van der Waals surface area contributed by atoms with Gasteiger partial charge >= 0.3 is 47.8 Å². The summed E-state index contributed by atoms with van der Waals surface area (Å²) in [5.41, 5.74) is 0.700. The molecule has 1 N–H and O–H groups in total. The van der Waals surface area contributed by atoms with Crippen molar-refractivity contribution in [1.82, 2.24) is 10.2 Å². The van der Waals surface area contributed by atoms with Crippen LogP contribution in [0.3, 0.4) is 0 Å². The van der Waals surface area contributed by atoms with Gasteiger partial charge in [-0.2, -0.15) is 0 Å². The summed E-state index contributed by atoms with van der Waals surface area (Å²) in [6.45, 7) is 7.50. The third-order valence-corrected chi connectivity index (χ3v) is 10.9. The number of nitrogens with one attached hydrogen (secondary N) is 1. The SMILES string of the molecule is CO[C@H]1O[C@@H]2CO[C@@H](c3ccccc3)O[C@H]2[C@@H]2[C@H]1N2/C(=N/[C@@H]1O[C@H](COC(C)=O)[C@@H](OC(C)=O)[C@H](OC(C)=O)[C@H]1OC(C)=O)N[C@@H]1O[C@H](COC(C)=O)[C@@H](OC(C)=O)[C@H](OC(C)=O)[C@H]1OC(C)=O. The van der Waals surface area contributed by atoms with Gasteiger partial charge in [0.15, 0.2) is 67.6 Å². The van der Waals surface area contributed by atoms with Gasteiger partial charge in [0.25, 0.3) is 0 Å². The maximum absolute atomic E-state index is 12.9. The molecule has 0 spiro atoms. The van der Waals surface area contributed by atoms with Crippen LogP contribution in [-0.4, -0.2) is 177 Å². The molecule has 5 aliphatic heterocycles. The number of hydrogen-bond acceptors (Lipinski definition) is 23. The fourth-order valence-corrected chi connectivity index (χ4v) is 8.47. The molecule has 68 heavy (non-hydrogen) atoms. The molecule has 16 atom stereocenters. The van der Waals surface area contributed by atoms with Crippen molar-refractivity contribution in [3.63, 3.8) is 0 Å². The lowest BCUT2D eigenvalue weighted by molar-refractivity contribution is -0.304. The summed E-state index contributed by atoms with van der Waals surface area (Å²) in [6, 6.07) is 7.66. The van der Waals surface area contributed by atoms with E-state index >= 15 is 0 Å². The monoisotopic (exact) mass is 965 g/mol. The van der Waals surface area contributed by atoms with Crippen LogP contribution in [0.1, 0.15) is 67.2 Å². The molecule has 5 heterocycles. The van der Waals surface area contributed by atoms with Gasteiger partial charge in [-0.15, -0.1) is 0 Å². The Morgan fingerprint density at radius 3 is 1.59 bits per heavy atom. The van der Waals surface area contributed by atoms with Gasteiger partial charge in [-0.05, 0) is 0 Å². The van der Waals surface area contributed by atoms with Gasteiger partial charge in [-0.1, -0.05) is 30.3 Å². The second-order valence-electron chi connectivity index (χ2n) is 16.2. The Hall–Kier alpha value is -5.99. The highest BCUT2D eigenvalue weighted by Crippen LogP contribution is 2.47. The van der Waals surface area contributed by atoms with Crippen molar-refractivity contribution >= 4 is 53.7 Å². The maximum Gasteiger partial charge on any atom is 0.303 e. The lowest BCUT2D eigenvalue weighted by Crippen LogP contribution is -2.67. The van der Waals surface area contributed by atoms with Crippen molar-refractivity contribution in [1.29, 1.82) is 0 Å². The van der Waals surface area contributed by atoms with Crippen LogP contribution in [0.5, 0.6) is 0 Å². The van der Waals surface area contributed by atoms with Crippen molar-refractivity contribution in [2.75, 3.05) is 26.9 Å². The fraction of sp³-hybridized carbons (Fsp3) is 0.651. The second kappa shape index (κ2) is 22.4. The Kier molecular flexibility index (Phi) is 16.9. The zero-order valence-corrected chi connectivity index (χ0v) is 38.6. The normalized spacial score (nSPS) is 34.0. The molecule has 5 fully saturated rings. The Bertz CT molecular complexity index is 2070. The zero-order chi connectivity index (χ0) is 49.6. The number of methoxy groups -OCH3 is 1. The molecule has 1 aromatic rings. The number of rotatable bonds is 14. The summed E-state index contributed by atoms with van der Waals surface area (Å²) in [7, 11) is 1.40. The predicted molar refractivity (Wildman–Crippen MR) is 220 cm³/mol. The standard InChI is InChI=1S/C43H55N3O22/c1-18(47)56-15-28-33(59-20(3)49)35(61-22(5)51)37(63-24(7)53)39(65-28)44-43(46-30-31(46)42(55-9)67-27-17-58-41(68-32(27)30)26-13-11-10-12-14-26)45-40-38(64-25(8)54)36(62-23(6)52)34(60-21(4)50)29(66-40)16-57-19(2)48/h10-14,27-42H,15-17H2,1-9H3,(H,44,45)/t27-,28-,29-,30+,31-,32-,33-,34-,35+,36+,37-,38-,39-,40-,41-,42+,46?/m1/s1. The van der Waals surface area contributed by atoms with E-state index in [1.807, 2.05) is 30.3 Å². The first-order valence-corrected chi connectivity index (χ1v) is 21.5. The molecule has 374 valence electrons. The predicted octanol–water partition coefficient (Wildman–Crippen LogP) is -0.363. The zero-order valence-electron chi connectivity index (χ0n) is 38.6. The largest absolute Gasteiger partial charge is 0.463 e. The molecule has 6 rings (SSSR count). The van der Waals surface area contributed by atoms with E-state index in [4.69, 9.17) is 71.3 Å². The highest BCUT2D eigenvalue weighted by atomic mass is 16.7. The lowest BCUT2D eigenvalue weighted by Gasteiger charge is -2.45. The van der Waals surface area contributed by atoms with E-state index in [0.717, 1.165) is 55.4 Å². The minimum absolute atomic E-state index is 0.0560. The van der Waals surface area contributed by atoms with Gasteiger partial charge < -0.3 is 76.5 Å². The van der Waals surface area contributed by atoms with Gasteiger partial charge in [-0.25, -0.2) is 4.99 Å². The molecule has 5 saturated heterocycles. The van der Waals surface area contributed by atoms with E-state index < -0.39 is 159 Å². The van der Waals surface area contributed by atoms with Crippen LogP contribution in [0.2, 0.25) is 0 Å². The van der Waals surface area contributed by atoms with Crippen molar-refractivity contribution in [2.45, 2.75) is 154 Å². The van der Waals surface area contributed by atoms with Gasteiger partial charge in [0.1, 0.15) is 43.7 Å². The number of nitrogens with zero attached hydrogens (tertiary/aromatic N) is 2. The Balaban J connectivity index is 1.52. The van der Waals surface area contributed by atoms with Gasteiger partial charge in [-0.3, -0.25) is 38.4 Å². The van der Waals surface area contributed by atoms with Gasteiger partial charge in [0.05, 0.1) is 12.6 Å². The summed E-state index contributed by atoms with van der Waals surface area (Å²) >= 11 is 0. The van der Waals surface area contributed by atoms with Crippen LogP contribution in [0.4, 0.5) is 0 Å². The van der Waals surface area contributed by atoms with Crippen molar-refractivity contribution < 1.29 is 105 Å². The van der Waals surface area contributed by atoms with Crippen molar-refractivity contribution in [2.24, 2.45) is 4.99 Å². The molecule has 0 bridgehead atoms. The summed E-state index contributed by atoms with van der Waals surface area (Å²) in [5.74, 6) is -7.07. The smallest absolute Gasteiger partial charge is 0.303 e. The first-order chi connectivity index (χ1) is 32.3. The summed E-state index contributed by atoms with van der Waals surface area (Å²) < 4.78 is 82.0. The van der Waals surface area contributed by atoms with Crippen LogP contribution in [0, 0.1) is 0 Å². The summed E-state index contributed by atoms with van der Waals surface area (Å²) in [4.78, 5) is 107. The van der Waals surface area contributed by atoms with Crippen LogP contribution < -0.4 is 5.32 Å². The first kappa shape index (κ1) is 51.4. The number of guanidine groups is 1. The van der Waals surface area contributed by atoms with E-state index in [1.165, 1.54) is 7.11 Å². The van der Waals surface area contributed by atoms with Crippen molar-refractivity contribution in [3.05, 3.63) is 35.9 Å². The molecule has 5 aliphatic rings. The molecule has 0 saturated carbocycles. The number of benzene rings is 1. The number of ether oxygens (including phenoxy) is 14. The molecule has 0 radical (unpaired) electrons. The fourth-order valence-electron chi connectivity index (χ4n) is 8.47. The summed E-state index contributed by atoms with van der Waals surface area (Å²) in [6.07, 6.45) is -19.3. The van der Waals surface area contributed by atoms with Gasteiger partial charge in [0.2, 0.25) is 0 Å². The van der Waals surface area contributed by atoms with Crippen LogP contribution in [0.15, 0.2) is 35.3 Å². The minimum Gasteiger partial charge on any atom is -0.463 e. The topological polar surface area (TPSA) is 293 Å². The summed E-state index contributed by atoms with van der Waals surface area (Å²) in [5, 5.41) is 3.10. The van der Waals surface area contributed by atoms with E-state index in [-0.39, 0.29) is 12.6 Å². The van der Waals surface area contributed by atoms with E-state index in [9.17, 15) is 38.4 Å². The number of carbonyl (C=O) groups is 8. The maximum atomic E-state index is 12.9. The average molecular weight is 966 g/mol. The van der Waals surface area contributed by atoms with Crippen LogP contribution >= 0.6 is 0 Å². The molecular formula is C43H55N3O22. The van der Waals surface area contributed by atoms with Crippen LogP contribution in [-0.2, 0) is 105 Å². The van der Waals surface area contributed by atoms with Gasteiger partial charge in [0, 0.05) is 68.1 Å². The number of aliphatic imine (C=N–C) groups is 1. The quantitative estimate of drug-likeness (QED) is 0.0818. The highest BCUT2D eigenvalue weighted by molar-refractivity contribution is 5.84. The van der Waals surface area contributed by atoms with Crippen LogP contribution in [0.25, 0.3) is 0 Å². The number of carbonyl (C=O) groups excluding carboxylic acids is 8. The van der Waals surface area contributed by atoms with E-state index in [1.54, 1.807) is 4.90 Å². The highest BCUT2D eigenvalue weighted by Gasteiger charge is 2.67. The Labute approximate surface area is 389 Å². The number of fused-ring (bicyclic) bond motifs is 3. The molecular weight excluding hydrogens is 910 g/mol. The second-order valence-corrected chi connectivity index (χ2v) is 16.2. The Morgan fingerprint density at radius 2 is 1.07 bits per heavy atom. The molecule has 0 amide bonds. The molecule has 0 aliphatic carbocycles. The molecule has 0 unspecified atom stereocenters. The van der Waals surface area contributed by atoms with E-state index in [2.05, 4.69) is 5.32 Å². The molecule has 25 heteroatoms. The average Bonchev–Trinajstić information content (AvgIpc) is 4.01. The molecule has 25 nitrogen and oxygen atoms in total. The van der Waals surface area contributed by atoms with E-state index in [0.29, 0.717) is 5.56 Å².